The molecule has 2 N–H and O–H groups in total. The van der Waals surface area contributed by atoms with Crippen LogP contribution in [0.5, 0.6) is 0 Å². The SMILES string of the molecule is Cc1nc(C)c(CCNC(=O)C2CNC2)s1. The molecular formula is C11H17N3OS. The molecule has 0 spiro atoms. The lowest BCUT2D eigenvalue weighted by Crippen LogP contribution is -2.51. The van der Waals surface area contributed by atoms with E-state index in [1.165, 1.54) is 4.88 Å². The van der Waals surface area contributed by atoms with Crippen molar-refractivity contribution in [3.63, 3.8) is 0 Å². The molecule has 1 aliphatic rings. The molecule has 2 rings (SSSR count). The molecule has 1 aromatic rings. The molecule has 0 unspecified atom stereocenters. The molecule has 0 aromatic carbocycles. The van der Waals surface area contributed by atoms with Crippen LogP contribution >= 0.6 is 11.3 Å². The summed E-state index contributed by atoms with van der Waals surface area (Å²) in [6, 6.07) is 0. The van der Waals surface area contributed by atoms with Gasteiger partial charge in [0.25, 0.3) is 0 Å². The molecular weight excluding hydrogens is 222 g/mol. The average Bonchev–Trinajstić information content (AvgIpc) is 2.42. The predicted molar refractivity (Wildman–Crippen MR) is 64.7 cm³/mol. The van der Waals surface area contributed by atoms with Gasteiger partial charge in [0.15, 0.2) is 0 Å². The zero-order valence-corrected chi connectivity index (χ0v) is 10.5. The Morgan fingerprint density at radius 2 is 2.31 bits per heavy atom. The number of amides is 1. The number of hydrogen-bond donors (Lipinski definition) is 2. The van der Waals surface area contributed by atoms with Gasteiger partial charge in [0.1, 0.15) is 0 Å². The molecule has 1 aromatic heterocycles. The molecule has 88 valence electrons. The molecule has 0 aliphatic carbocycles. The van der Waals surface area contributed by atoms with Crippen molar-refractivity contribution in [2.45, 2.75) is 20.3 Å². The van der Waals surface area contributed by atoms with Gasteiger partial charge in [-0.25, -0.2) is 4.98 Å². The van der Waals surface area contributed by atoms with Crippen LogP contribution in [0.1, 0.15) is 15.6 Å². The second-order valence-corrected chi connectivity index (χ2v) is 5.43. The average molecular weight is 239 g/mol. The third kappa shape index (κ3) is 2.59. The Morgan fingerprint density at radius 1 is 1.56 bits per heavy atom. The molecule has 16 heavy (non-hydrogen) atoms. The molecule has 1 fully saturated rings. The van der Waals surface area contributed by atoms with Gasteiger partial charge in [-0.2, -0.15) is 0 Å². The van der Waals surface area contributed by atoms with Crippen LogP contribution in [0.15, 0.2) is 0 Å². The monoisotopic (exact) mass is 239 g/mol. The second kappa shape index (κ2) is 4.93. The van der Waals surface area contributed by atoms with Crippen molar-refractivity contribution >= 4 is 17.2 Å². The number of carbonyl (C=O) groups is 1. The van der Waals surface area contributed by atoms with E-state index in [1.54, 1.807) is 11.3 Å². The Hall–Kier alpha value is -0.940. The predicted octanol–water partition coefficient (Wildman–Crippen LogP) is 0.638. The van der Waals surface area contributed by atoms with Crippen LogP contribution < -0.4 is 10.6 Å². The highest BCUT2D eigenvalue weighted by Gasteiger charge is 2.24. The number of aryl methyl sites for hydroxylation is 2. The molecule has 0 saturated carbocycles. The van der Waals surface area contributed by atoms with E-state index >= 15 is 0 Å². The summed E-state index contributed by atoms with van der Waals surface area (Å²) < 4.78 is 0. The largest absolute Gasteiger partial charge is 0.355 e. The Bertz CT molecular complexity index is 385. The zero-order chi connectivity index (χ0) is 11.5. The van der Waals surface area contributed by atoms with E-state index < -0.39 is 0 Å². The van der Waals surface area contributed by atoms with Crippen LogP contribution in [0.2, 0.25) is 0 Å². The summed E-state index contributed by atoms with van der Waals surface area (Å²) in [4.78, 5) is 17.2. The van der Waals surface area contributed by atoms with Crippen LogP contribution in [0.25, 0.3) is 0 Å². The third-order valence-corrected chi connectivity index (χ3v) is 3.94. The van der Waals surface area contributed by atoms with E-state index in [0.29, 0.717) is 0 Å². The lowest BCUT2D eigenvalue weighted by molar-refractivity contribution is -0.126. The maximum absolute atomic E-state index is 11.5. The summed E-state index contributed by atoms with van der Waals surface area (Å²) in [5, 5.41) is 7.16. The molecule has 0 radical (unpaired) electrons. The molecule has 0 atom stereocenters. The quantitative estimate of drug-likeness (QED) is 0.810. The number of hydrogen-bond acceptors (Lipinski definition) is 4. The van der Waals surface area contributed by atoms with E-state index in [1.807, 2.05) is 13.8 Å². The summed E-state index contributed by atoms with van der Waals surface area (Å²) >= 11 is 1.72. The molecule has 1 aliphatic heterocycles. The van der Waals surface area contributed by atoms with Crippen molar-refractivity contribution in [1.82, 2.24) is 15.6 Å². The van der Waals surface area contributed by atoms with E-state index in [2.05, 4.69) is 15.6 Å². The van der Waals surface area contributed by atoms with Gasteiger partial charge in [0.05, 0.1) is 16.6 Å². The van der Waals surface area contributed by atoms with Gasteiger partial charge < -0.3 is 10.6 Å². The smallest absolute Gasteiger partial charge is 0.225 e. The standard InChI is InChI=1S/C11H17N3OS/c1-7-10(16-8(2)14-7)3-4-13-11(15)9-5-12-6-9/h9,12H,3-6H2,1-2H3,(H,13,15). The van der Waals surface area contributed by atoms with Crippen molar-refractivity contribution < 1.29 is 4.79 Å². The molecule has 4 nitrogen and oxygen atoms in total. The maximum atomic E-state index is 11.5. The third-order valence-electron chi connectivity index (χ3n) is 2.80. The van der Waals surface area contributed by atoms with Gasteiger partial charge in [0, 0.05) is 30.9 Å². The highest BCUT2D eigenvalue weighted by molar-refractivity contribution is 7.11. The minimum absolute atomic E-state index is 0.178. The van der Waals surface area contributed by atoms with Crippen LogP contribution in [0.4, 0.5) is 0 Å². The number of carbonyl (C=O) groups excluding carboxylic acids is 1. The normalized spacial score (nSPS) is 15.9. The Morgan fingerprint density at radius 3 is 2.81 bits per heavy atom. The van der Waals surface area contributed by atoms with E-state index in [0.717, 1.165) is 36.8 Å². The molecule has 0 bridgehead atoms. The summed E-state index contributed by atoms with van der Waals surface area (Å²) in [5.74, 6) is 0.363. The van der Waals surface area contributed by atoms with Gasteiger partial charge in [-0.05, 0) is 13.8 Å². The number of thiazole rings is 1. The number of aromatic nitrogens is 1. The molecule has 1 saturated heterocycles. The fraction of sp³-hybridized carbons (Fsp3) is 0.636. The number of nitrogens with zero attached hydrogens (tertiary/aromatic N) is 1. The van der Waals surface area contributed by atoms with E-state index in [4.69, 9.17) is 0 Å². The van der Waals surface area contributed by atoms with E-state index in [-0.39, 0.29) is 11.8 Å². The first-order valence-corrected chi connectivity index (χ1v) is 6.40. The number of nitrogens with one attached hydrogen (secondary N) is 2. The Kier molecular flexibility index (Phi) is 3.56. The van der Waals surface area contributed by atoms with Crippen LogP contribution in [0.3, 0.4) is 0 Å². The summed E-state index contributed by atoms with van der Waals surface area (Å²) in [6.45, 7) is 6.41. The first-order valence-electron chi connectivity index (χ1n) is 5.58. The van der Waals surface area contributed by atoms with Gasteiger partial charge in [0.2, 0.25) is 5.91 Å². The van der Waals surface area contributed by atoms with Crippen molar-refractivity contribution in [1.29, 1.82) is 0 Å². The van der Waals surface area contributed by atoms with E-state index in [9.17, 15) is 4.79 Å². The van der Waals surface area contributed by atoms with Crippen molar-refractivity contribution in [3.8, 4) is 0 Å². The number of rotatable bonds is 4. The fourth-order valence-corrected chi connectivity index (χ4v) is 2.66. The van der Waals surface area contributed by atoms with Gasteiger partial charge in [-0.3, -0.25) is 4.79 Å². The van der Waals surface area contributed by atoms with Crippen LogP contribution in [0, 0.1) is 19.8 Å². The molecule has 2 heterocycles. The van der Waals surface area contributed by atoms with Crippen molar-refractivity contribution in [3.05, 3.63) is 15.6 Å². The van der Waals surface area contributed by atoms with Crippen LogP contribution in [-0.2, 0) is 11.2 Å². The Labute approximate surface area is 99.5 Å². The first kappa shape index (κ1) is 11.5. The fourth-order valence-electron chi connectivity index (χ4n) is 1.72. The first-order chi connectivity index (χ1) is 7.66. The minimum Gasteiger partial charge on any atom is -0.355 e. The summed E-state index contributed by atoms with van der Waals surface area (Å²) in [6.07, 6.45) is 0.892. The van der Waals surface area contributed by atoms with Crippen molar-refractivity contribution in [2.24, 2.45) is 5.92 Å². The van der Waals surface area contributed by atoms with Gasteiger partial charge in [-0.1, -0.05) is 0 Å². The topological polar surface area (TPSA) is 54.0 Å². The highest BCUT2D eigenvalue weighted by Crippen LogP contribution is 2.17. The zero-order valence-electron chi connectivity index (χ0n) is 9.67. The van der Waals surface area contributed by atoms with Gasteiger partial charge in [-0.15, -0.1) is 11.3 Å². The lowest BCUT2D eigenvalue weighted by Gasteiger charge is -2.25. The van der Waals surface area contributed by atoms with Gasteiger partial charge >= 0.3 is 0 Å². The minimum atomic E-state index is 0.178. The molecule has 1 amide bonds. The highest BCUT2D eigenvalue weighted by atomic mass is 32.1. The lowest BCUT2D eigenvalue weighted by atomic mass is 10.0. The second-order valence-electron chi connectivity index (χ2n) is 4.14. The summed E-state index contributed by atoms with van der Waals surface area (Å²) in [7, 11) is 0. The van der Waals surface area contributed by atoms with Crippen LogP contribution in [-0.4, -0.2) is 30.5 Å². The Balaban J connectivity index is 1.75. The summed E-state index contributed by atoms with van der Waals surface area (Å²) in [5.41, 5.74) is 1.10. The maximum Gasteiger partial charge on any atom is 0.225 e. The molecule has 5 heteroatoms. The van der Waals surface area contributed by atoms with Crippen molar-refractivity contribution in [2.75, 3.05) is 19.6 Å².